The molecule has 37 heavy (non-hydrogen) atoms. The second-order valence-corrected chi connectivity index (χ2v) is 9.78. The first kappa shape index (κ1) is 25.3. The van der Waals surface area contributed by atoms with Crippen LogP contribution in [0.25, 0.3) is 11.2 Å². The lowest BCUT2D eigenvalue weighted by molar-refractivity contribution is -0.0421. The molecule has 3 heterocycles. The molecular formula is C25H34N8O4. The first-order valence-electron chi connectivity index (χ1n) is 12.7. The van der Waals surface area contributed by atoms with E-state index in [9.17, 15) is 15.0 Å². The Balaban J connectivity index is 1.08. The van der Waals surface area contributed by atoms with Gasteiger partial charge < -0.3 is 36.2 Å². The number of carbonyl (C=O) groups excluding carboxylic acids is 1. The van der Waals surface area contributed by atoms with Gasteiger partial charge >= 0.3 is 6.03 Å². The molecular weight excluding hydrogens is 476 g/mol. The monoisotopic (exact) mass is 510 g/mol. The highest BCUT2D eigenvalue weighted by atomic mass is 16.6. The molecule has 3 aromatic rings. The lowest BCUT2D eigenvalue weighted by Crippen LogP contribution is -2.39. The molecule has 12 nitrogen and oxygen atoms in total. The van der Waals surface area contributed by atoms with Crippen molar-refractivity contribution >= 4 is 28.7 Å². The number of imidazole rings is 1. The SMILES string of the molecule is CN(CCCNC(=O)Nc1cccc2c1CCCC2)C[C@H]1O[C@@H](n2cnc3c(N)ncnc32)[C@H](O)[C@H]1O. The second kappa shape index (κ2) is 11.0. The third-order valence-electron chi connectivity index (χ3n) is 7.14. The summed E-state index contributed by atoms with van der Waals surface area (Å²) in [5.41, 5.74) is 10.2. The molecule has 0 unspecified atom stereocenters. The van der Waals surface area contributed by atoms with Crippen molar-refractivity contribution in [2.75, 3.05) is 37.7 Å². The van der Waals surface area contributed by atoms with Gasteiger partial charge in [0.1, 0.15) is 30.2 Å². The third kappa shape index (κ3) is 5.37. The molecule has 198 valence electrons. The van der Waals surface area contributed by atoms with E-state index in [1.807, 2.05) is 24.1 Å². The summed E-state index contributed by atoms with van der Waals surface area (Å²) in [6.07, 6.45) is 4.24. The Hall–Kier alpha value is -3.32. The molecule has 0 spiro atoms. The van der Waals surface area contributed by atoms with Gasteiger partial charge in [-0.2, -0.15) is 0 Å². The van der Waals surface area contributed by atoms with Gasteiger partial charge in [0.15, 0.2) is 17.7 Å². The fraction of sp³-hybridized carbons (Fsp3) is 0.520. The average molecular weight is 511 g/mol. The third-order valence-corrected chi connectivity index (χ3v) is 7.14. The number of amides is 2. The molecule has 1 aromatic carbocycles. The fourth-order valence-corrected chi connectivity index (χ4v) is 5.18. The van der Waals surface area contributed by atoms with Gasteiger partial charge in [0.25, 0.3) is 0 Å². The number of urea groups is 1. The molecule has 0 saturated carbocycles. The topological polar surface area (TPSA) is 164 Å². The van der Waals surface area contributed by atoms with Crippen LogP contribution in [0, 0.1) is 0 Å². The number of nitrogens with zero attached hydrogens (tertiary/aromatic N) is 5. The van der Waals surface area contributed by atoms with Crippen LogP contribution in [-0.2, 0) is 17.6 Å². The van der Waals surface area contributed by atoms with E-state index in [-0.39, 0.29) is 11.8 Å². The van der Waals surface area contributed by atoms with Gasteiger partial charge in [0.2, 0.25) is 0 Å². The van der Waals surface area contributed by atoms with Crippen LogP contribution >= 0.6 is 0 Å². The van der Waals surface area contributed by atoms with Crippen molar-refractivity contribution in [3.05, 3.63) is 42.0 Å². The molecule has 2 aliphatic rings. The molecule has 1 aliphatic carbocycles. The molecule has 0 bridgehead atoms. The van der Waals surface area contributed by atoms with E-state index in [0.717, 1.165) is 24.9 Å². The number of nitrogens with two attached hydrogens (primary N) is 1. The molecule has 2 aromatic heterocycles. The number of carbonyl (C=O) groups is 1. The molecule has 0 radical (unpaired) electrons. The Morgan fingerprint density at radius 1 is 1.22 bits per heavy atom. The van der Waals surface area contributed by atoms with Crippen LogP contribution < -0.4 is 16.4 Å². The van der Waals surface area contributed by atoms with Gasteiger partial charge in [-0.1, -0.05) is 12.1 Å². The molecule has 1 fully saturated rings. The Bertz CT molecular complexity index is 1250. The van der Waals surface area contributed by atoms with Crippen LogP contribution in [0.2, 0.25) is 0 Å². The van der Waals surface area contributed by atoms with Crippen molar-refractivity contribution in [3.8, 4) is 0 Å². The number of likely N-dealkylation sites (N-methyl/N-ethyl adjacent to an activating group) is 1. The minimum absolute atomic E-state index is 0.209. The highest BCUT2D eigenvalue weighted by Gasteiger charge is 2.44. The number of aromatic nitrogens is 4. The maximum Gasteiger partial charge on any atom is 0.319 e. The van der Waals surface area contributed by atoms with Crippen LogP contribution in [0.3, 0.4) is 0 Å². The number of nitrogen functional groups attached to an aromatic ring is 1. The number of nitrogens with one attached hydrogen (secondary N) is 2. The number of aliphatic hydroxyl groups excluding tert-OH is 2. The Morgan fingerprint density at radius 3 is 2.92 bits per heavy atom. The quantitative estimate of drug-likeness (QED) is 0.279. The maximum atomic E-state index is 12.4. The van der Waals surface area contributed by atoms with Crippen molar-refractivity contribution in [2.45, 2.75) is 56.6 Å². The zero-order valence-electron chi connectivity index (χ0n) is 20.9. The molecule has 4 atom stereocenters. The summed E-state index contributed by atoms with van der Waals surface area (Å²) < 4.78 is 7.57. The minimum atomic E-state index is -1.15. The summed E-state index contributed by atoms with van der Waals surface area (Å²) in [6, 6.07) is 5.88. The number of rotatable bonds is 8. The molecule has 1 aliphatic heterocycles. The van der Waals surface area contributed by atoms with Crippen LogP contribution in [0.5, 0.6) is 0 Å². The second-order valence-electron chi connectivity index (χ2n) is 9.78. The van der Waals surface area contributed by atoms with Gasteiger partial charge in [0, 0.05) is 18.8 Å². The number of benzene rings is 1. The average Bonchev–Trinajstić information content (AvgIpc) is 3.44. The highest BCUT2D eigenvalue weighted by molar-refractivity contribution is 5.90. The molecule has 2 amide bonds. The first-order chi connectivity index (χ1) is 17.9. The number of aliphatic hydroxyl groups is 2. The Morgan fingerprint density at radius 2 is 2.05 bits per heavy atom. The number of ether oxygens (including phenoxy) is 1. The lowest BCUT2D eigenvalue weighted by atomic mass is 9.90. The summed E-state index contributed by atoms with van der Waals surface area (Å²) in [6.45, 7) is 1.58. The zero-order chi connectivity index (χ0) is 25.9. The first-order valence-corrected chi connectivity index (χ1v) is 12.7. The largest absolute Gasteiger partial charge is 0.387 e. The van der Waals surface area contributed by atoms with Crippen LogP contribution in [0.4, 0.5) is 16.3 Å². The lowest BCUT2D eigenvalue weighted by Gasteiger charge is -2.23. The van der Waals surface area contributed by atoms with Crippen molar-refractivity contribution in [1.29, 1.82) is 0 Å². The summed E-state index contributed by atoms with van der Waals surface area (Å²) in [4.78, 5) is 26.7. The smallest absolute Gasteiger partial charge is 0.319 e. The van der Waals surface area contributed by atoms with Crippen LogP contribution in [-0.4, -0.2) is 85.7 Å². The van der Waals surface area contributed by atoms with Crippen molar-refractivity contribution < 1.29 is 19.7 Å². The summed E-state index contributed by atoms with van der Waals surface area (Å²) in [5, 5.41) is 27.2. The highest BCUT2D eigenvalue weighted by Crippen LogP contribution is 2.32. The summed E-state index contributed by atoms with van der Waals surface area (Å²) in [5.74, 6) is 0.235. The van der Waals surface area contributed by atoms with E-state index in [4.69, 9.17) is 10.5 Å². The summed E-state index contributed by atoms with van der Waals surface area (Å²) >= 11 is 0. The van der Waals surface area contributed by atoms with Gasteiger partial charge in [0.05, 0.1) is 6.33 Å². The van der Waals surface area contributed by atoms with E-state index in [1.54, 1.807) is 4.57 Å². The Kier molecular flexibility index (Phi) is 7.51. The maximum absolute atomic E-state index is 12.4. The van der Waals surface area contributed by atoms with Gasteiger partial charge in [-0.05, 0) is 62.9 Å². The Labute approximate surface area is 214 Å². The molecule has 12 heteroatoms. The van der Waals surface area contributed by atoms with Gasteiger partial charge in [-0.25, -0.2) is 19.7 Å². The number of hydrogen-bond donors (Lipinski definition) is 5. The molecule has 5 rings (SSSR count). The van der Waals surface area contributed by atoms with E-state index in [0.29, 0.717) is 37.2 Å². The minimum Gasteiger partial charge on any atom is -0.387 e. The zero-order valence-corrected chi connectivity index (χ0v) is 20.9. The van der Waals surface area contributed by atoms with Crippen LogP contribution in [0.1, 0.15) is 36.6 Å². The number of anilines is 2. The van der Waals surface area contributed by atoms with Crippen molar-refractivity contribution in [2.24, 2.45) is 0 Å². The normalized spacial score (nSPS) is 23.4. The number of aryl methyl sites for hydroxylation is 1. The number of fused-ring (bicyclic) bond motifs is 2. The molecule has 6 N–H and O–H groups in total. The summed E-state index contributed by atoms with van der Waals surface area (Å²) in [7, 11) is 1.91. The van der Waals surface area contributed by atoms with Crippen molar-refractivity contribution in [1.82, 2.24) is 29.7 Å². The fourth-order valence-electron chi connectivity index (χ4n) is 5.18. The predicted molar refractivity (Wildman–Crippen MR) is 138 cm³/mol. The van der Waals surface area contributed by atoms with E-state index in [1.165, 1.54) is 30.2 Å². The number of hydrogen-bond acceptors (Lipinski definition) is 9. The van der Waals surface area contributed by atoms with E-state index >= 15 is 0 Å². The standard InChI is InChI=1S/C25H34N8O4/c1-32(11-5-10-27-25(36)31-17-9-4-7-15-6-2-3-8-16(15)17)12-18-20(34)21(35)24(37-18)33-14-30-19-22(26)28-13-29-23(19)33/h4,7,9,13-14,18,20-21,24,34-35H,2-3,5-6,8,10-12H2,1H3,(H2,26,28,29)(H2,27,31,36)/t18-,20+,21-,24-/m1/s1. The van der Waals surface area contributed by atoms with Crippen LogP contribution in [0.15, 0.2) is 30.9 Å². The van der Waals surface area contributed by atoms with E-state index in [2.05, 4.69) is 31.7 Å². The van der Waals surface area contributed by atoms with E-state index < -0.39 is 24.5 Å². The van der Waals surface area contributed by atoms with Gasteiger partial charge in [-0.3, -0.25) is 4.57 Å². The predicted octanol–water partition coefficient (Wildman–Crippen LogP) is 1.05. The molecule has 1 saturated heterocycles. The van der Waals surface area contributed by atoms with Gasteiger partial charge in [-0.15, -0.1) is 0 Å². The van der Waals surface area contributed by atoms with Crippen molar-refractivity contribution in [3.63, 3.8) is 0 Å².